The van der Waals surface area contributed by atoms with Crippen LogP contribution in [0.15, 0.2) is 16.8 Å². The molecule has 0 spiro atoms. The van der Waals surface area contributed by atoms with Crippen molar-refractivity contribution in [2.24, 2.45) is 4.99 Å². The molecule has 0 aromatic rings. The summed E-state index contributed by atoms with van der Waals surface area (Å²) in [4.78, 5) is 3.32. The largest absolute Gasteiger partial charge is 0.432 e. The fourth-order valence-electron chi connectivity index (χ4n) is 0.533. The molecule has 0 N–H and O–H groups in total. The zero-order chi connectivity index (χ0) is 9.07. The highest BCUT2D eigenvalue weighted by molar-refractivity contribution is 5.80. The SMILES string of the molecule is C/C=C(\N=C(C)C)C(F)(F)F. The van der Waals surface area contributed by atoms with Crippen LogP contribution in [0.5, 0.6) is 0 Å². The van der Waals surface area contributed by atoms with Crippen LogP contribution in [0, 0.1) is 0 Å². The van der Waals surface area contributed by atoms with Gasteiger partial charge in [-0.2, -0.15) is 13.2 Å². The summed E-state index contributed by atoms with van der Waals surface area (Å²) in [5.74, 6) is 0. The lowest BCUT2D eigenvalue weighted by molar-refractivity contribution is -0.0924. The summed E-state index contributed by atoms with van der Waals surface area (Å²) in [5.41, 5.74) is -0.437. The van der Waals surface area contributed by atoms with Gasteiger partial charge in [-0.3, -0.25) is 4.99 Å². The normalized spacial score (nSPS) is 13.1. The van der Waals surface area contributed by atoms with Crippen molar-refractivity contribution in [3.8, 4) is 0 Å². The second-order valence-electron chi connectivity index (χ2n) is 2.23. The van der Waals surface area contributed by atoms with Crippen LogP contribution in [-0.2, 0) is 0 Å². The maximum atomic E-state index is 11.9. The highest BCUT2D eigenvalue weighted by Crippen LogP contribution is 2.26. The molecule has 1 nitrogen and oxygen atoms in total. The van der Waals surface area contributed by atoms with Gasteiger partial charge in [-0.05, 0) is 20.8 Å². The smallest absolute Gasteiger partial charge is 0.254 e. The molecule has 64 valence electrons. The number of hydrogen-bond acceptors (Lipinski definition) is 1. The molecule has 0 aliphatic rings. The summed E-state index contributed by atoms with van der Waals surface area (Å²) in [5, 5.41) is 0. The van der Waals surface area contributed by atoms with Crippen molar-refractivity contribution in [1.82, 2.24) is 0 Å². The molecule has 4 heteroatoms. The van der Waals surface area contributed by atoms with E-state index in [9.17, 15) is 13.2 Å². The fourth-order valence-corrected chi connectivity index (χ4v) is 0.533. The Balaban J connectivity index is 4.60. The van der Waals surface area contributed by atoms with E-state index < -0.39 is 11.9 Å². The highest BCUT2D eigenvalue weighted by Gasteiger charge is 2.32. The molecular formula is C7H10F3N. The van der Waals surface area contributed by atoms with Crippen LogP contribution < -0.4 is 0 Å². The molecule has 0 radical (unpaired) electrons. The van der Waals surface area contributed by atoms with E-state index in [2.05, 4.69) is 4.99 Å². The Morgan fingerprint density at radius 3 is 1.82 bits per heavy atom. The topological polar surface area (TPSA) is 12.4 Å². The van der Waals surface area contributed by atoms with Gasteiger partial charge in [0.15, 0.2) is 0 Å². The summed E-state index contributed by atoms with van der Waals surface area (Å²) in [7, 11) is 0. The summed E-state index contributed by atoms with van der Waals surface area (Å²) < 4.78 is 35.7. The second kappa shape index (κ2) is 3.55. The van der Waals surface area contributed by atoms with Crippen LogP contribution in [-0.4, -0.2) is 11.9 Å². The Hall–Kier alpha value is -0.800. The molecule has 11 heavy (non-hydrogen) atoms. The number of halogens is 3. The Kier molecular flexibility index (Phi) is 3.29. The Labute approximate surface area is 63.6 Å². The molecule has 0 bridgehead atoms. The van der Waals surface area contributed by atoms with Crippen LogP contribution >= 0.6 is 0 Å². The number of rotatable bonds is 1. The molecule has 0 saturated carbocycles. The lowest BCUT2D eigenvalue weighted by Crippen LogP contribution is -2.10. The van der Waals surface area contributed by atoms with Crippen LogP contribution in [0.1, 0.15) is 20.8 Å². The number of nitrogens with zero attached hydrogens (tertiary/aromatic N) is 1. The van der Waals surface area contributed by atoms with Gasteiger partial charge in [0.05, 0.1) is 0 Å². The number of alkyl halides is 3. The minimum Gasteiger partial charge on any atom is -0.254 e. The van der Waals surface area contributed by atoms with Crippen LogP contribution in [0.25, 0.3) is 0 Å². The van der Waals surface area contributed by atoms with E-state index in [0.717, 1.165) is 6.08 Å². The predicted octanol–water partition coefficient (Wildman–Crippen LogP) is 2.93. The van der Waals surface area contributed by atoms with Crippen LogP contribution in [0.2, 0.25) is 0 Å². The fraction of sp³-hybridized carbons (Fsp3) is 0.571. The Morgan fingerprint density at radius 2 is 1.73 bits per heavy atom. The van der Waals surface area contributed by atoms with Gasteiger partial charge in [-0.15, -0.1) is 0 Å². The van der Waals surface area contributed by atoms with Gasteiger partial charge in [-0.25, -0.2) is 0 Å². The van der Waals surface area contributed by atoms with Crippen molar-refractivity contribution < 1.29 is 13.2 Å². The first-order valence-corrected chi connectivity index (χ1v) is 3.13. The lowest BCUT2D eigenvalue weighted by atomic mass is 10.4. The van der Waals surface area contributed by atoms with Gasteiger partial charge in [-0.1, -0.05) is 6.08 Å². The van der Waals surface area contributed by atoms with E-state index in [0.29, 0.717) is 5.71 Å². The second-order valence-corrected chi connectivity index (χ2v) is 2.23. The molecule has 0 amide bonds. The van der Waals surface area contributed by atoms with E-state index >= 15 is 0 Å². The van der Waals surface area contributed by atoms with E-state index in [4.69, 9.17) is 0 Å². The molecule has 0 aromatic carbocycles. The quantitative estimate of drug-likeness (QED) is 0.530. The first kappa shape index (κ1) is 10.2. The molecular weight excluding hydrogens is 155 g/mol. The highest BCUT2D eigenvalue weighted by atomic mass is 19.4. The van der Waals surface area contributed by atoms with Crippen molar-refractivity contribution in [2.75, 3.05) is 0 Å². The van der Waals surface area contributed by atoms with E-state index in [-0.39, 0.29) is 0 Å². The average Bonchev–Trinajstić information content (AvgIpc) is 1.79. The van der Waals surface area contributed by atoms with E-state index in [1.807, 2.05) is 0 Å². The number of aliphatic imine (C=N–C) groups is 1. The molecule has 0 rings (SSSR count). The summed E-state index contributed by atoms with van der Waals surface area (Å²) in [6.07, 6.45) is -3.38. The van der Waals surface area contributed by atoms with Crippen molar-refractivity contribution in [1.29, 1.82) is 0 Å². The van der Waals surface area contributed by atoms with Gasteiger partial charge in [0, 0.05) is 5.71 Å². The summed E-state index contributed by atoms with van der Waals surface area (Å²) in [6, 6.07) is 0. The predicted molar refractivity (Wildman–Crippen MR) is 38.6 cm³/mol. The maximum Gasteiger partial charge on any atom is 0.432 e. The molecule has 0 aromatic heterocycles. The van der Waals surface area contributed by atoms with Gasteiger partial charge in [0.25, 0.3) is 0 Å². The first-order valence-electron chi connectivity index (χ1n) is 3.13. The minimum atomic E-state index is -4.33. The molecule has 0 saturated heterocycles. The first-order chi connectivity index (χ1) is 4.88. The molecule has 0 fully saturated rings. The van der Waals surface area contributed by atoms with Gasteiger partial charge < -0.3 is 0 Å². The van der Waals surface area contributed by atoms with Gasteiger partial charge >= 0.3 is 6.18 Å². The van der Waals surface area contributed by atoms with Crippen LogP contribution in [0.3, 0.4) is 0 Å². The van der Waals surface area contributed by atoms with Gasteiger partial charge in [0.2, 0.25) is 0 Å². The molecule has 0 atom stereocenters. The van der Waals surface area contributed by atoms with Crippen molar-refractivity contribution in [3.05, 3.63) is 11.8 Å². The zero-order valence-electron chi connectivity index (χ0n) is 6.66. The maximum absolute atomic E-state index is 11.9. The van der Waals surface area contributed by atoms with Gasteiger partial charge in [0.1, 0.15) is 5.70 Å². The van der Waals surface area contributed by atoms with E-state index in [1.54, 1.807) is 0 Å². The molecule has 0 aliphatic carbocycles. The average molecular weight is 165 g/mol. The zero-order valence-corrected chi connectivity index (χ0v) is 6.66. The number of hydrogen-bond donors (Lipinski definition) is 0. The number of allylic oxidation sites excluding steroid dienone is 2. The molecule has 0 heterocycles. The molecule has 0 unspecified atom stereocenters. The van der Waals surface area contributed by atoms with Crippen molar-refractivity contribution in [3.63, 3.8) is 0 Å². The summed E-state index contributed by atoms with van der Waals surface area (Å²) >= 11 is 0. The third kappa shape index (κ3) is 3.80. The third-order valence-corrected chi connectivity index (χ3v) is 0.908. The van der Waals surface area contributed by atoms with Crippen molar-refractivity contribution in [2.45, 2.75) is 26.9 Å². The minimum absolute atomic E-state index is 0.399. The van der Waals surface area contributed by atoms with E-state index in [1.165, 1.54) is 20.8 Å². The van der Waals surface area contributed by atoms with Crippen LogP contribution in [0.4, 0.5) is 13.2 Å². The Bertz CT molecular complexity index is 184. The lowest BCUT2D eigenvalue weighted by Gasteiger charge is -2.05. The Morgan fingerprint density at radius 1 is 1.27 bits per heavy atom. The summed E-state index contributed by atoms with van der Waals surface area (Å²) in [6.45, 7) is 4.36. The third-order valence-electron chi connectivity index (χ3n) is 0.908. The molecule has 0 aliphatic heterocycles. The standard InChI is InChI=1S/C7H10F3N/c1-4-6(7(8,9)10)11-5(2)3/h4H,1-3H3/b6-4-. The monoisotopic (exact) mass is 165 g/mol. The van der Waals surface area contributed by atoms with Crippen molar-refractivity contribution >= 4 is 5.71 Å².